The number of carbonyl (C=O) groups excluding carboxylic acids is 1. The number of allylic oxidation sites excluding steroid dienone is 3. The minimum atomic E-state index is -0.458. The van der Waals surface area contributed by atoms with Crippen molar-refractivity contribution in [2.45, 2.75) is 38.7 Å². The van der Waals surface area contributed by atoms with E-state index in [2.05, 4.69) is 4.98 Å². The van der Waals surface area contributed by atoms with E-state index in [0.29, 0.717) is 12.0 Å². The van der Waals surface area contributed by atoms with E-state index >= 15 is 0 Å². The van der Waals surface area contributed by atoms with Crippen molar-refractivity contribution in [1.82, 2.24) is 14.8 Å². The van der Waals surface area contributed by atoms with Gasteiger partial charge in [0, 0.05) is 34.7 Å². The van der Waals surface area contributed by atoms with Crippen LogP contribution in [-0.2, 0) is 6.42 Å². The lowest BCUT2D eigenvalue weighted by Crippen LogP contribution is -2.23. The SMILES string of the molecule is CC1=C(c2ccc3ncccc3c2)C(=O)n2nc(-c3ccccc3)c(C3=CC(O)CCC3)c2C1. The van der Waals surface area contributed by atoms with Gasteiger partial charge in [0.1, 0.15) is 5.69 Å². The number of fused-ring (bicyclic) bond motifs is 2. The van der Waals surface area contributed by atoms with Crippen molar-refractivity contribution < 1.29 is 9.90 Å². The molecular formula is C29H25N3O2. The minimum absolute atomic E-state index is 0.109. The van der Waals surface area contributed by atoms with E-state index in [1.165, 1.54) is 0 Å². The second-order valence-corrected chi connectivity index (χ2v) is 9.15. The van der Waals surface area contributed by atoms with Crippen LogP contribution in [0.2, 0.25) is 0 Å². The van der Waals surface area contributed by atoms with Gasteiger partial charge in [-0.2, -0.15) is 9.78 Å². The van der Waals surface area contributed by atoms with E-state index in [1.807, 2.05) is 73.7 Å². The average molecular weight is 448 g/mol. The summed E-state index contributed by atoms with van der Waals surface area (Å²) in [4.78, 5) is 18.3. The molecule has 6 rings (SSSR count). The van der Waals surface area contributed by atoms with Crippen LogP contribution in [0.3, 0.4) is 0 Å². The molecule has 0 radical (unpaired) electrons. The number of nitrogens with zero attached hydrogens (tertiary/aromatic N) is 3. The van der Waals surface area contributed by atoms with E-state index in [9.17, 15) is 9.90 Å². The van der Waals surface area contributed by atoms with Gasteiger partial charge in [0.15, 0.2) is 0 Å². The van der Waals surface area contributed by atoms with Gasteiger partial charge in [0.05, 0.1) is 17.3 Å². The van der Waals surface area contributed by atoms with Crippen LogP contribution in [0.25, 0.3) is 33.3 Å². The number of carbonyl (C=O) groups is 1. The second kappa shape index (κ2) is 8.19. The van der Waals surface area contributed by atoms with Gasteiger partial charge in [0.2, 0.25) is 0 Å². The normalized spacial score (nSPS) is 18.2. The summed E-state index contributed by atoms with van der Waals surface area (Å²) in [6.07, 6.45) is 6.46. The molecule has 0 spiro atoms. The molecule has 0 bridgehead atoms. The first-order valence-electron chi connectivity index (χ1n) is 11.8. The lowest BCUT2D eigenvalue weighted by Gasteiger charge is -2.22. The Morgan fingerprint density at radius 2 is 1.88 bits per heavy atom. The van der Waals surface area contributed by atoms with Crippen molar-refractivity contribution in [1.29, 1.82) is 0 Å². The Labute approximate surface area is 198 Å². The molecule has 0 saturated heterocycles. The van der Waals surface area contributed by atoms with Crippen molar-refractivity contribution >= 4 is 28.0 Å². The van der Waals surface area contributed by atoms with E-state index in [4.69, 9.17) is 5.10 Å². The molecule has 1 aliphatic carbocycles. The Balaban J connectivity index is 1.52. The minimum Gasteiger partial charge on any atom is -0.389 e. The fourth-order valence-corrected chi connectivity index (χ4v) is 5.26. The Morgan fingerprint density at radius 3 is 2.71 bits per heavy atom. The molecule has 1 atom stereocenters. The summed E-state index contributed by atoms with van der Waals surface area (Å²) in [5.74, 6) is -0.109. The Bertz CT molecular complexity index is 1490. The molecule has 2 aromatic heterocycles. The number of aliphatic hydroxyl groups is 1. The molecule has 1 N–H and O–H groups in total. The van der Waals surface area contributed by atoms with Crippen LogP contribution >= 0.6 is 0 Å². The molecule has 5 nitrogen and oxygen atoms in total. The van der Waals surface area contributed by atoms with Gasteiger partial charge in [-0.1, -0.05) is 54.1 Å². The van der Waals surface area contributed by atoms with Gasteiger partial charge in [-0.05, 0) is 55.5 Å². The number of rotatable bonds is 3. The lowest BCUT2D eigenvalue weighted by atomic mass is 9.86. The van der Waals surface area contributed by atoms with Crippen molar-refractivity contribution in [3.05, 3.63) is 95.3 Å². The highest BCUT2D eigenvalue weighted by Gasteiger charge is 2.32. The average Bonchev–Trinajstić information content (AvgIpc) is 3.24. The fourth-order valence-electron chi connectivity index (χ4n) is 5.26. The van der Waals surface area contributed by atoms with E-state index < -0.39 is 6.10 Å². The first kappa shape index (κ1) is 20.8. The van der Waals surface area contributed by atoms with Crippen LogP contribution in [0.15, 0.2) is 78.5 Å². The largest absolute Gasteiger partial charge is 0.389 e. The third-order valence-electron chi connectivity index (χ3n) is 6.85. The first-order chi connectivity index (χ1) is 16.6. The molecule has 0 amide bonds. The van der Waals surface area contributed by atoms with E-state index in [0.717, 1.165) is 69.4 Å². The summed E-state index contributed by atoms with van der Waals surface area (Å²) < 4.78 is 1.59. The summed E-state index contributed by atoms with van der Waals surface area (Å²) in [7, 11) is 0. The molecule has 2 aromatic carbocycles. The highest BCUT2D eigenvalue weighted by Crippen LogP contribution is 2.40. The third-order valence-corrected chi connectivity index (χ3v) is 6.85. The van der Waals surface area contributed by atoms with Gasteiger partial charge in [-0.3, -0.25) is 9.78 Å². The summed E-state index contributed by atoms with van der Waals surface area (Å²) in [5, 5.41) is 16.2. The first-order valence-corrected chi connectivity index (χ1v) is 11.8. The van der Waals surface area contributed by atoms with Crippen molar-refractivity contribution in [2.75, 3.05) is 0 Å². The number of hydrogen-bond acceptors (Lipinski definition) is 4. The summed E-state index contributed by atoms with van der Waals surface area (Å²) in [5.41, 5.74) is 8.29. The maximum Gasteiger partial charge on any atom is 0.279 e. The van der Waals surface area contributed by atoms with Crippen LogP contribution in [0, 0.1) is 0 Å². The van der Waals surface area contributed by atoms with Crippen molar-refractivity contribution in [3.63, 3.8) is 0 Å². The lowest BCUT2D eigenvalue weighted by molar-refractivity contribution is 0.0958. The predicted octanol–water partition coefficient (Wildman–Crippen LogP) is 5.70. The summed E-state index contributed by atoms with van der Waals surface area (Å²) in [6, 6.07) is 19.9. The van der Waals surface area contributed by atoms with E-state index in [1.54, 1.807) is 10.9 Å². The van der Waals surface area contributed by atoms with Crippen LogP contribution < -0.4 is 0 Å². The monoisotopic (exact) mass is 447 g/mol. The zero-order chi connectivity index (χ0) is 23.2. The maximum absolute atomic E-state index is 13.9. The Morgan fingerprint density at radius 1 is 1.03 bits per heavy atom. The van der Waals surface area contributed by atoms with Crippen LogP contribution in [0.1, 0.15) is 47.8 Å². The summed E-state index contributed by atoms with van der Waals surface area (Å²) in [6.45, 7) is 2.03. The zero-order valence-electron chi connectivity index (χ0n) is 19.0. The molecule has 1 unspecified atom stereocenters. The number of hydrogen-bond donors (Lipinski definition) is 1. The predicted molar refractivity (Wildman–Crippen MR) is 134 cm³/mol. The molecule has 0 saturated carbocycles. The molecule has 4 aromatic rings. The molecule has 168 valence electrons. The van der Waals surface area contributed by atoms with E-state index in [-0.39, 0.29) is 5.91 Å². The van der Waals surface area contributed by atoms with Gasteiger partial charge in [0.25, 0.3) is 5.91 Å². The molecule has 0 fully saturated rings. The van der Waals surface area contributed by atoms with Crippen molar-refractivity contribution in [2.24, 2.45) is 0 Å². The number of aromatic nitrogens is 3. The number of benzene rings is 2. The topological polar surface area (TPSA) is 68.0 Å². The molecule has 1 aliphatic heterocycles. The Kier molecular flexibility index (Phi) is 5.00. The Hall–Kier alpha value is -3.83. The zero-order valence-corrected chi connectivity index (χ0v) is 19.0. The van der Waals surface area contributed by atoms with Crippen LogP contribution in [0.5, 0.6) is 0 Å². The molecule has 5 heteroatoms. The second-order valence-electron chi connectivity index (χ2n) is 9.15. The fraction of sp³-hybridized carbons (Fsp3) is 0.207. The van der Waals surface area contributed by atoms with Gasteiger partial charge in [-0.25, -0.2) is 0 Å². The molecule has 3 heterocycles. The van der Waals surface area contributed by atoms with Crippen molar-refractivity contribution in [3.8, 4) is 11.3 Å². The molecular weight excluding hydrogens is 422 g/mol. The van der Waals surface area contributed by atoms with Crippen LogP contribution in [-0.4, -0.2) is 31.9 Å². The summed E-state index contributed by atoms with van der Waals surface area (Å²) >= 11 is 0. The van der Waals surface area contributed by atoms with Crippen LogP contribution in [0.4, 0.5) is 0 Å². The third kappa shape index (κ3) is 3.40. The van der Waals surface area contributed by atoms with Gasteiger partial charge >= 0.3 is 0 Å². The quantitative estimate of drug-likeness (QED) is 0.438. The number of aliphatic hydroxyl groups excluding tert-OH is 1. The molecule has 34 heavy (non-hydrogen) atoms. The van der Waals surface area contributed by atoms with Gasteiger partial charge < -0.3 is 5.11 Å². The standard InChI is InChI=1S/C29H25N3O2/c1-18-15-25-27(21-9-5-11-23(33)17-21)28(19-7-3-2-4-8-19)31-32(25)29(34)26(18)22-12-13-24-20(16-22)10-6-14-30-24/h2-4,6-8,10,12-14,16-17,23,33H,5,9,11,15H2,1H3. The maximum atomic E-state index is 13.9. The van der Waals surface area contributed by atoms with Gasteiger partial charge in [-0.15, -0.1) is 0 Å². The number of pyridine rings is 1. The highest BCUT2D eigenvalue weighted by molar-refractivity contribution is 6.23. The molecule has 2 aliphatic rings. The highest BCUT2D eigenvalue weighted by atomic mass is 16.3. The smallest absolute Gasteiger partial charge is 0.279 e.